The number of aliphatic hydroxyl groups excluding tert-OH is 1. The Bertz CT molecular complexity index is 967. The van der Waals surface area contributed by atoms with Gasteiger partial charge in [-0.2, -0.15) is 4.37 Å². The predicted molar refractivity (Wildman–Crippen MR) is 126 cm³/mol. The molecule has 3 amide bonds. The lowest BCUT2D eigenvalue weighted by Crippen LogP contribution is -2.42. The van der Waals surface area contributed by atoms with Crippen LogP contribution in [0.4, 0.5) is 14.2 Å². The number of hydrogen-bond acceptors (Lipinski definition) is 7. The first-order valence-corrected chi connectivity index (χ1v) is 11.3. The van der Waals surface area contributed by atoms with Crippen molar-refractivity contribution in [2.75, 3.05) is 18.4 Å². The SMILES string of the molecule is Cc1cc(C)c(COc2nsc(NC(=O)NCCC(O)CNC(C)(C)C)c2C(N)=O)c(F)c1. The number of carbonyl (C=O) groups is 2. The monoisotopic (exact) mass is 481 g/mol. The number of β-amino-alcohol motifs (C(OH)–C–C–N with tert-alkyl or cyclic N) is 1. The summed E-state index contributed by atoms with van der Waals surface area (Å²) in [6, 6.07) is 2.64. The van der Waals surface area contributed by atoms with Crippen molar-refractivity contribution in [2.45, 2.75) is 59.3 Å². The average molecular weight is 482 g/mol. The molecular formula is C22H32FN5O4S. The maximum atomic E-state index is 14.3. The summed E-state index contributed by atoms with van der Waals surface area (Å²) in [5.74, 6) is -1.33. The second-order valence-electron chi connectivity index (χ2n) is 8.84. The lowest BCUT2D eigenvalue weighted by atomic mass is 10.1. The lowest BCUT2D eigenvalue weighted by Gasteiger charge is -2.22. The third-order valence-corrected chi connectivity index (χ3v) is 5.43. The van der Waals surface area contributed by atoms with Crippen LogP contribution in [0.5, 0.6) is 5.88 Å². The third kappa shape index (κ3) is 8.26. The summed E-state index contributed by atoms with van der Waals surface area (Å²) < 4.78 is 23.9. The van der Waals surface area contributed by atoms with E-state index in [0.717, 1.165) is 17.1 Å². The zero-order valence-corrected chi connectivity index (χ0v) is 20.4. The predicted octanol–water partition coefficient (Wildman–Crippen LogP) is 2.84. The molecule has 1 atom stereocenters. The Balaban J connectivity index is 1.95. The maximum Gasteiger partial charge on any atom is 0.319 e. The van der Waals surface area contributed by atoms with Crippen LogP contribution < -0.4 is 26.4 Å². The van der Waals surface area contributed by atoms with Crippen molar-refractivity contribution in [3.05, 3.63) is 40.2 Å². The van der Waals surface area contributed by atoms with Crippen LogP contribution in [0.3, 0.4) is 0 Å². The summed E-state index contributed by atoms with van der Waals surface area (Å²) in [5, 5.41) is 18.4. The molecule has 0 aliphatic rings. The Kier molecular flexibility index (Phi) is 9.15. The molecule has 182 valence electrons. The highest BCUT2D eigenvalue weighted by Gasteiger charge is 2.23. The molecule has 1 aromatic heterocycles. The minimum absolute atomic E-state index is 0.0779. The van der Waals surface area contributed by atoms with Crippen LogP contribution in [0.1, 0.15) is 54.2 Å². The number of carbonyl (C=O) groups excluding carboxylic acids is 2. The Morgan fingerprint density at radius 1 is 1.30 bits per heavy atom. The maximum absolute atomic E-state index is 14.3. The highest BCUT2D eigenvalue weighted by Crippen LogP contribution is 2.31. The molecule has 0 saturated heterocycles. The van der Waals surface area contributed by atoms with Crippen LogP contribution in [0, 0.1) is 19.7 Å². The molecule has 11 heteroatoms. The van der Waals surface area contributed by atoms with E-state index in [9.17, 15) is 19.1 Å². The van der Waals surface area contributed by atoms with E-state index in [0.29, 0.717) is 24.1 Å². The summed E-state index contributed by atoms with van der Waals surface area (Å²) in [4.78, 5) is 24.2. The number of nitrogens with one attached hydrogen (secondary N) is 3. The molecule has 0 spiro atoms. The molecule has 1 unspecified atom stereocenters. The van der Waals surface area contributed by atoms with E-state index in [4.69, 9.17) is 10.5 Å². The number of aromatic nitrogens is 1. The fraction of sp³-hybridized carbons (Fsp3) is 0.500. The zero-order valence-electron chi connectivity index (χ0n) is 19.5. The Labute approximate surface area is 197 Å². The number of halogens is 1. The summed E-state index contributed by atoms with van der Waals surface area (Å²) in [6.45, 7) is 10.0. The number of nitrogens with zero attached hydrogens (tertiary/aromatic N) is 1. The molecule has 33 heavy (non-hydrogen) atoms. The number of benzene rings is 1. The molecule has 2 aromatic rings. The molecule has 0 radical (unpaired) electrons. The molecule has 1 aromatic carbocycles. The van der Waals surface area contributed by atoms with E-state index in [1.54, 1.807) is 13.8 Å². The smallest absolute Gasteiger partial charge is 0.319 e. The number of nitrogens with two attached hydrogens (primary N) is 1. The van der Waals surface area contributed by atoms with Crippen molar-refractivity contribution < 1.29 is 23.8 Å². The second kappa shape index (κ2) is 11.4. The van der Waals surface area contributed by atoms with Crippen molar-refractivity contribution >= 4 is 28.5 Å². The van der Waals surface area contributed by atoms with Gasteiger partial charge in [0.2, 0.25) is 5.88 Å². The molecule has 1 heterocycles. The number of primary amides is 1. The quantitative estimate of drug-likeness (QED) is 0.354. The van der Waals surface area contributed by atoms with Gasteiger partial charge >= 0.3 is 6.03 Å². The van der Waals surface area contributed by atoms with Gasteiger partial charge in [-0.05, 0) is 69.8 Å². The number of aliphatic hydroxyl groups is 1. The van der Waals surface area contributed by atoms with Gasteiger partial charge < -0.3 is 26.2 Å². The minimum Gasteiger partial charge on any atom is -0.471 e. The normalized spacial score (nSPS) is 12.3. The third-order valence-electron chi connectivity index (χ3n) is 4.68. The van der Waals surface area contributed by atoms with Crippen LogP contribution in [0.15, 0.2) is 12.1 Å². The average Bonchev–Trinajstić information content (AvgIpc) is 3.07. The number of aryl methyl sites for hydroxylation is 2. The molecular weight excluding hydrogens is 449 g/mol. The van der Waals surface area contributed by atoms with Gasteiger partial charge in [-0.25, -0.2) is 9.18 Å². The molecule has 0 bridgehead atoms. The standard InChI is InChI=1S/C22H32FN5O4S/c1-12-8-13(2)15(16(23)9-12)11-32-19-17(18(24)30)20(33-28-19)27-21(31)25-7-6-14(29)10-26-22(3,4)5/h8-9,14,26,29H,6-7,10-11H2,1-5H3,(H2,24,30)(H2,25,27,31). The molecule has 0 saturated carbocycles. The van der Waals surface area contributed by atoms with Crippen molar-refractivity contribution in [1.82, 2.24) is 15.0 Å². The number of amides is 3. The first-order chi connectivity index (χ1) is 15.4. The first-order valence-electron chi connectivity index (χ1n) is 10.5. The van der Waals surface area contributed by atoms with Crippen molar-refractivity contribution in [3.63, 3.8) is 0 Å². The van der Waals surface area contributed by atoms with E-state index in [1.165, 1.54) is 6.07 Å². The van der Waals surface area contributed by atoms with Gasteiger partial charge in [-0.3, -0.25) is 10.1 Å². The van der Waals surface area contributed by atoms with Crippen molar-refractivity contribution in [3.8, 4) is 5.88 Å². The summed E-state index contributed by atoms with van der Waals surface area (Å²) >= 11 is 0.829. The number of hydrogen-bond donors (Lipinski definition) is 5. The number of ether oxygens (including phenoxy) is 1. The van der Waals surface area contributed by atoms with E-state index < -0.39 is 23.9 Å². The lowest BCUT2D eigenvalue weighted by molar-refractivity contribution is 0.0996. The van der Waals surface area contributed by atoms with Crippen LogP contribution in [0.25, 0.3) is 0 Å². The van der Waals surface area contributed by atoms with Crippen LogP contribution in [-0.4, -0.2) is 46.2 Å². The van der Waals surface area contributed by atoms with Gasteiger partial charge in [0.05, 0.1) is 6.10 Å². The van der Waals surface area contributed by atoms with Gasteiger partial charge in [0, 0.05) is 24.2 Å². The summed E-state index contributed by atoms with van der Waals surface area (Å²) in [5.41, 5.74) is 7.09. The molecule has 0 fully saturated rings. The van der Waals surface area contributed by atoms with Gasteiger partial charge in [-0.15, -0.1) is 0 Å². The minimum atomic E-state index is -0.834. The van der Waals surface area contributed by atoms with Crippen molar-refractivity contribution in [2.24, 2.45) is 5.73 Å². The van der Waals surface area contributed by atoms with Gasteiger partial charge in [0.1, 0.15) is 23.0 Å². The topological polar surface area (TPSA) is 139 Å². The van der Waals surface area contributed by atoms with Crippen LogP contribution in [-0.2, 0) is 6.61 Å². The number of anilines is 1. The molecule has 6 N–H and O–H groups in total. The summed E-state index contributed by atoms with van der Waals surface area (Å²) in [6.07, 6.45) is -0.280. The van der Waals surface area contributed by atoms with Crippen LogP contribution >= 0.6 is 11.5 Å². The van der Waals surface area contributed by atoms with Gasteiger partial charge in [0.15, 0.2) is 0 Å². The van der Waals surface area contributed by atoms with E-state index >= 15 is 0 Å². The van der Waals surface area contributed by atoms with Crippen molar-refractivity contribution in [1.29, 1.82) is 0 Å². The highest BCUT2D eigenvalue weighted by molar-refractivity contribution is 7.11. The second-order valence-corrected chi connectivity index (χ2v) is 9.61. The van der Waals surface area contributed by atoms with Gasteiger partial charge in [0.25, 0.3) is 5.91 Å². The van der Waals surface area contributed by atoms with E-state index in [2.05, 4.69) is 20.3 Å². The van der Waals surface area contributed by atoms with E-state index in [-0.39, 0.29) is 35.1 Å². The molecule has 2 rings (SSSR count). The Morgan fingerprint density at radius 2 is 2.00 bits per heavy atom. The van der Waals surface area contributed by atoms with Gasteiger partial charge in [-0.1, -0.05) is 6.07 Å². The zero-order chi connectivity index (χ0) is 24.8. The largest absolute Gasteiger partial charge is 0.471 e. The fourth-order valence-electron chi connectivity index (χ4n) is 2.97. The number of rotatable bonds is 10. The first kappa shape index (κ1) is 26.5. The Hall–Kier alpha value is -2.76. The van der Waals surface area contributed by atoms with Crippen LogP contribution in [0.2, 0.25) is 0 Å². The summed E-state index contributed by atoms with van der Waals surface area (Å²) in [7, 11) is 0. The highest BCUT2D eigenvalue weighted by atomic mass is 32.1. The van der Waals surface area contributed by atoms with E-state index in [1.807, 2.05) is 26.8 Å². The molecule has 0 aliphatic carbocycles. The Morgan fingerprint density at radius 3 is 2.61 bits per heavy atom. The fourth-order valence-corrected chi connectivity index (χ4v) is 3.71. The number of urea groups is 1. The molecule has 0 aliphatic heterocycles. The molecule has 9 nitrogen and oxygen atoms in total.